The van der Waals surface area contributed by atoms with Crippen LogP contribution in [0, 0.1) is 13.8 Å². The van der Waals surface area contributed by atoms with E-state index in [4.69, 9.17) is 14.2 Å². The zero-order valence-electron chi connectivity index (χ0n) is 18.4. The van der Waals surface area contributed by atoms with E-state index in [1.165, 1.54) is 18.4 Å². The van der Waals surface area contributed by atoms with Gasteiger partial charge in [-0.15, -0.1) is 0 Å². The van der Waals surface area contributed by atoms with E-state index in [0.29, 0.717) is 23.9 Å². The fourth-order valence-corrected chi connectivity index (χ4v) is 2.76. The number of carbonyl (C=O) groups excluding carboxylic acids is 1. The molecule has 6 nitrogen and oxygen atoms in total. The van der Waals surface area contributed by atoms with Gasteiger partial charge >= 0.3 is 0 Å². The van der Waals surface area contributed by atoms with Crippen molar-refractivity contribution >= 4 is 12.1 Å². The Morgan fingerprint density at radius 2 is 1.83 bits per heavy atom. The molecule has 0 bridgehead atoms. The molecule has 0 atom stereocenters. The Kier molecular flexibility index (Phi) is 9.71. The van der Waals surface area contributed by atoms with Gasteiger partial charge in [0.05, 0.1) is 19.9 Å². The number of nitrogens with zero attached hydrogens (tertiary/aromatic N) is 1. The van der Waals surface area contributed by atoms with Crippen molar-refractivity contribution in [2.45, 2.75) is 46.5 Å². The molecular formula is C24H32N2O4. The zero-order chi connectivity index (χ0) is 21.8. The first-order chi connectivity index (χ1) is 14.5. The summed E-state index contributed by atoms with van der Waals surface area (Å²) in [5.74, 6) is 1.67. The van der Waals surface area contributed by atoms with Crippen LogP contribution in [0.3, 0.4) is 0 Å². The van der Waals surface area contributed by atoms with Crippen LogP contribution in [-0.2, 0) is 4.79 Å². The second kappa shape index (κ2) is 12.5. The number of hydrazone groups is 1. The maximum Gasteiger partial charge on any atom is 0.277 e. The van der Waals surface area contributed by atoms with E-state index in [1.54, 1.807) is 13.3 Å². The molecule has 0 saturated carbocycles. The third kappa shape index (κ3) is 7.78. The highest BCUT2D eigenvalue weighted by Gasteiger charge is 2.06. The number of hydrogen-bond acceptors (Lipinski definition) is 5. The van der Waals surface area contributed by atoms with E-state index >= 15 is 0 Å². The van der Waals surface area contributed by atoms with Crippen molar-refractivity contribution in [2.75, 3.05) is 20.3 Å². The highest BCUT2D eigenvalue weighted by atomic mass is 16.5. The third-order valence-corrected chi connectivity index (χ3v) is 4.69. The van der Waals surface area contributed by atoms with Gasteiger partial charge in [0.15, 0.2) is 18.1 Å². The van der Waals surface area contributed by atoms with E-state index in [0.717, 1.165) is 24.0 Å². The lowest BCUT2D eigenvalue weighted by Crippen LogP contribution is -2.24. The van der Waals surface area contributed by atoms with Gasteiger partial charge in [0.2, 0.25) is 0 Å². The van der Waals surface area contributed by atoms with Crippen LogP contribution in [0.5, 0.6) is 17.2 Å². The molecule has 0 radical (unpaired) electrons. The average molecular weight is 413 g/mol. The maximum atomic E-state index is 11.9. The average Bonchev–Trinajstić information content (AvgIpc) is 2.75. The number of carbonyl (C=O) groups is 1. The fourth-order valence-electron chi connectivity index (χ4n) is 2.76. The van der Waals surface area contributed by atoms with Crippen molar-refractivity contribution < 1.29 is 19.0 Å². The molecule has 2 aromatic rings. The van der Waals surface area contributed by atoms with Crippen LogP contribution < -0.4 is 19.6 Å². The molecule has 0 aliphatic rings. The molecule has 2 aromatic carbocycles. The van der Waals surface area contributed by atoms with Crippen molar-refractivity contribution in [2.24, 2.45) is 5.10 Å². The SMILES string of the molecule is CCCCCCOc1ccc(/C=N/NC(=O)COc2ccc(C)c(C)c2)cc1OC. The number of aryl methyl sites for hydroxylation is 2. The summed E-state index contributed by atoms with van der Waals surface area (Å²) in [5.41, 5.74) is 5.56. The summed E-state index contributed by atoms with van der Waals surface area (Å²) in [5, 5.41) is 3.99. The van der Waals surface area contributed by atoms with Gasteiger partial charge in [0.25, 0.3) is 5.91 Å². The van der Waals surface area contributed by atoms with E-state index < -0.39 is 0 Å². The van der Waals surface area contributed by atoms with Crippen LogP contribution in [0.15, 0.2) is 41.5 Å². The predicted molar refractivity (Wildman–Crippen MR) is 120 cm³/mol. The van der Waals surface area contributed by atoms with Gasteiger partial charge in [0.1, 0.15) is 5.75 Å². The summed E-state index contributed by atoms with van der Waals surface area (Å²) < 4.78 is 16.7. The molecule has 30 heavy (non-hydrogen) atoms. The van der Waals surface area contributed by atoms with Crippen LogP contribution >= 0.6 is 0 Å². The topological polar surface area (TPSA) is 69.2 Å². The monoisotopic (exact) mass is 412 g/mol. The molecule has 0 aliphatic carbocycles. The number of ether oxygens (including phenoxy) is 3. The van der Waals surface area contributed by atoms with E-state index in [-0.39, 0.29) is 12.5 Å². The van der Waals surface area contributed by atoms with Gasteiger partial charge in [-0.2, -0.15) is 5.10 Å². The number of amides is 1. The van der Waals surface area contributed by atoms with Crippen molar-refractivity contribution in [1.82, 2.24) is 5.43 Å². The van der Waals surface area contributed by atoms with Crippen LogP contribution in [0.4, 0.5) is 0 Å². The normalized spacial score (nSPS) is 10.8. The van der Waals surface area contributed by atoms with Crippen molar-refractivity contribution in [3.63, 3.8) is 0 Å². The Morgan fingerprint density at radius 1 is 1.00 bits per heavy atom. The Labute approximate surface area is 179 Å². The van der Waals surface area contributed by atoms with E-state index in [9.17, 15) is 4.79 Å². The van der Waals surface area contributed by atoms with Gasteiger partial charge in [-0.1, -0.05) is 32.3 Å². The van der Waals surface area contributed by atoms with Gasteiger partial charge < -0.3 is 14.2 Å². The second-order valence-corrected chi connectivity index (χ2v) is 7.15. The lowest BCUT2D eigenvalue weighted by molar-refractivity contribution is -0.123. The van der Waals surface area contributed by atoms with Crippen molar-refractivity contribution in [1.29, 1.82) is 0 Å². The van der Waals surface area contributed by atoms with E-state index in [1.807, 2.05) is 50.2 Å². The lowest BCUT2D eigenvalue weighted by atomic mass is 10.1. The number of benzene rings is 2. The Balaban J connectivity index is 1.81. The molecule has 0 saturated heterocycles. The number of unbranched alkanes of at least 4 members (excludes halogenated alkanes) is 3. The standard InChI is InChI=1S/C24H32N2O4/c1-5-6-7-8-13-29-22-12-10-20(15-23(22)28-4)16-25-26-24(27)17-30-21-11-9-18(2)19(3)14-21/h9-12,14-16H,5-8,13,17H2,1-4H3,(H,26,27)/b25-16+. The predicted octanol–water partition coefficient (Wildman–Crippen LogP) is 4.80. The van der Waals surface area contributed by atoms with Crippen molar-refractivity contribution in [3.8, 4) is 17.2 Å². The molecule has 0 spiro atoms. The lowest BCUT2D eigenvalue weighted by Gasteiger charge is -2.11. The molecule has 1 N–H and O–H groups in total. The first-order valence-electron chi connectivity index (χ1n) is 10.4. The summed E-state index contributed by atoms with van der Waals surface area (Å²) in [6.45, 7) is 6.78. The van der Waals surface area contributed by atoms with Crippen LogP contribution in [-0.4, -0.2) is 32.4 Å². The minimum Gasteiger partial charge on any atom is -0.493 e. The molecule has 0 unspecified atom stereocenters. The van der Waals surface area contributed by atoms with Gasteiger partial charge in [-0.3, -0.25) is 4.79 Å². The highest BCUT2D eigenvalue weighted by Crippen LogP contribution is 2.27. The Hall–Kier alpha value is -3.02. The van der Waals surface area contributed by atoms with Crippen LogP contribution in [0.1, 0.15) is 49.3 Å². The minimum absolute atomic E-state index is 0.103. The number of rotatable bonds is 12. The van der Waals surface area contributed by atoms with Gasteiger partial charge in [-0.25, -0.2) is 5.43 Å². The number of nitrogens with one attached hydrogen (secondary N) is 1. The number of hydrogen-bond donors (Lipinski definition) is 1. The molecule has 0 heterocycles. The molecule has 6 heteroatoms. The molecule has 2 rings (SSSR count). The summed E-state index contributed by atoms with van der Waals surface area (Å²) in [6.07, 6.45) is 6.16. The third-order valence-electron chi connectivity index (χ3n) is 4.69. The van der Waals surface area contributed by atoms with E-state index in [2.05, 4.69) is 17.5 Å². The maximum absolute atomic E-state index is 11.9. The highest BCUT2D eigenvalue weighted by molar-refractivity contribution is 5.83. The van der Waals surface area contributed by atoms with Crippen LogP contribution in [0.2, 0.25) is 0 Å². The molecule has 0 aromatic heterocycles. The molecule has 0 fully saturated rings. The summed E-state index contributed by atoms with van der Waals surface area (Å²) >= 11 is 0. The van der Waals surface area contributed by atoms with Gasteiger partial charge in [-0.05, 0) is 67.3 Å². The first kappa shape index (κ1) is 23.3. The largest absolute Gasteiger partial charge is 0.493 e. The molecule has 162 valence electrons. The summed E-state index contributed by atoms with van der Waals surface area (Å²) in [6, 6.07) is 11.3. The second-order valence-electron chi connectivity index (χ2n) is 7.15. The first-order valence-corrected chi connectivity index (χ1v) is 10.4. The fraction of sp³-hybridized carbons (Fsp3) is 0.417. The Morgan fingerprint density at radius 3 is 2.57 bits per heavy atom. The minimum atomic E-state index is -0.330. The van der Waals surface area contributed by atoms with Crippen molar-refractivity contribution in [3.05, 3.63) is 53.1 Å². The number of methoxy groups -OCH3 is 1. The quantitative estimate of drug-likeness (QED) is 0.309. The molecular weight excluding hydrogens is 380 g/mol. The molecule has 1 amide bonds. The summed E-state index contributed by atoms with van der Waals surface area (Å²) in [7, 11) is 1.60. The summed E-state index contributed by atoms with van der Waals surface area (Å²) in [4.78, 5) is 11.9. The smallest absolute Gasteiger partial charge is 0.277 e. The Bertz CT molecular complexity index is 849. The van der Waals surface area contributed by atoms with Gasteiger partial charge in [0, 0.05) is 0 Å². The zero-order valence-corrected chi connectivity index (χ0v) is 18.4. The molecule has 0 aliphatic heterocycles. The van der Waals surface area contributed by atoms with Crippen LogP contribution in [0.25, 0.3) is 0 Å².